The van der Waals surface area contributed by atoms with Gasteiger partial charge in [-0.3, -0.25) is 0 Å². The maximum atomic E-state index is 13.7. The molecule has 1 aliphatic rings. The van der Waals surface area contributed by atoms with Crippen molar-refractivity contribution < 1.29 is 32.3 Å². The molecule has 0 saturated heterocycles. The highest BCUT2D eigenvalue weighted by atomic mass is 35.5. The van der Waals surface area contributed by atoms with Gasteiger partial charge in [0.1, 0.15) is 23.8 Å². The van der Waals surface area contributed by atoms with Crippen molar-refractivity contribution in [2.24, 2.45) is 5.92 Å². The van der Waals surface area contributed by atoms with Crippen molar-refractivity contribution in [3.05, 3.63) is 106 Å². The summed E-state index contributed by atoms with van der Waals surface area (Å²) in [5.74, 6) is 5.29. The van der Waals surface area contributed by atoms with E-state index in [1.807, 2.05) is 0 Å². The zero-order chi connectivity index (χ0) is 26.9. The van der Waals surface area contributed by atoms with Crippen LogP contribution in [0.3, 0.4) is 0 Å². The van der Waals surface area contributed by atoms with Crippen LogP contribution in [0.25, 0.3) is 11.3 Å². The molecular formula is C29H19ClF3NO4. The van der Waals surface area contributed by atoms with Crippen molar-refractivity contribution in [3.63, 3.8) is 0 Å². The first-order valence-electron chi connectivity index (χ1n) is 11.6. The number of rotatable bonds is 6. The molecule has 0 radical (unpaired) electrons. The zero-order valence-electron chi connectivity index (χ0n) is 19.6. The molecule has 4 aromatic rings. The molecule has 1 N–H and O–H groups in total. The topological polar surface area (TPSA) is 72.6 Å². The van der Waals surface area contributed by atoms with E-state index in [1.54, 1.807) is 30.3 Å². The highest BCUT2D eigenvalue weighted by Gasteiger charge is 2.40. The van der Waals surface area contributed by atoms with Gasteiger partial charge in [-0.25, -0.2) is 4.79 Å². The highest BCUT2D eigenvalue weighted by molar-refractivity contribution is 6.31. The predicted molar refractivity (Wildman–Crippen MR) is 134 cm³/mol. The lowest BCUT2D eigenvalue weighted by atomic mass is 9.97. The van der Waals surface area contributed by atoms with E-state index >= 15 is 0 Å². The first-order chi connectivity index (χ1) is 18.2. The highest BCUT2D eigenvalue weighted by Crippen LogP contribution is 2.47. The van der Waals surface area contributed by atoms with Crippen LogP contribution >= 0.6 is 11.6 Å². The Bertz CT molecular complexity index is 1560. The second-order valence-electron chi connectivity index (χ2n) is 8.82. The Kier molecular flexibility index (Phi) is 6.87. The summed E-state index contributed by atoms with van der Waals surface area (Å²) in [6, 6.07) is 16.4. The molecule has 9 heteroatoms. The number of carbonyl (C=O) groups is 1. The molecule has 1 aliphatic carbocycles. The average molecular weight is 538 g/mol. The lowest BCUT2D eigenvalue weighted by molar-refractivity contribution is -0.137. The fourth-order valence-corrected chi connectivity index (χ4v) is 4.30. The van der Waals surface area contributed by atoms with Crippen molar-refractivity contribution in [2.75, 3.05) is 0 Å². The normalized spacial score (nSPS) is 13.9. The molecular weight excluding hydrogens is 519 g/mol. The van der Waals surface area contributed by atoms with Crippen LogP contribution in [-0.4, -0.2) is 16.2 Å². The zero-order valence-corrected chi connectivity index (χ0v) is 20.4. The second-order valence-corrected chi connectivity index (χ2v) is 9.22. The van der Waals surface area contributed by atoms with E-state index < -0.39 is 23.8 Å². The van der Waals surface area contributed by atoms with Crippen molar-refractivity contribution >= 4 is 17.6 Å². The maximum absolute atomic E-state index is 13.7. The summed E-state index contributed by atoms with van der Waals surface area (Å²) in [5, 5.41) is 13.4. The number of aromatic nitrogens is 1. The molecule has 1 saturated carbocycles. The smallest absolute Gasteiger partial charge is 0.417 e. The predicted octanol–water partition coefficient (Wildman–Crippen LogP) is 7.64. The minimum absolute atomic E-state index is 0.0753. The van der Waals surface area contributed by atoms with Gasteiger partial charge in [-0.1, -0.05) is 52.9 Å². The maximum Gasteiger partial charge on any atom is 0.417 e. The van der Waals surface area contributed by atoms with Gasteiger partial charge in [0.05, 0.1) is 21.7 Å². The first-order valence-corrected chi connectivity index (χ1v) is 12.0. The Morgan fingerprint density at radius 3 is 2.58 bits per heavy atom. The molecule has 1 fully saturated rings. The Hall–Kier alpha value is -4.22. The molecule has 1 aromatic heterocycles. The first kappa shape index (κ1) is 25.4. The van der Waals surface area contributed by atoms with E-state index in [0.29, 0.717) is 27.5 Å². The monoisotopic (exact) mass is 537 g/mol. The standard InChI is InChI=1S/C29H19ClF3NO4/c30-25-15-21(13-12-18(25)9-8-17-4-3-5-20(14-17)28(35)36)38-27(19-10-11-19)23-16-37-34-26(23)22-6-1-2-7-24(22)29(31,32)33/h1-7,12-16,19,27H,10-11H2,(H,35,36). The van der Waals surface area contributed by atoms with Crippen LogP contribution in [0.15, 0.2) is 77.5 Å². The Balaban J connectivity index is 1.41. The van der Waals surface area contributed by atoms with Crippen LogP contribution in [0.2, 0.25) is 5.02 Å². The molecule has 38 heavy (non-hydrogen) atoms. The van der Waals surface area contributed by atoms with Crippen molar-refractivity contribution in [1.29, 1.82) is 0 Å². The quantitative estimate of drug-likeness (QED) is 0.256. The van der Waals surface area contributed by atoms with Crippen LogP contribution in [0.1, 0.15) is 51.6 Å². The molecule has 192 valence electrons. The number of carboxylic acids is 1. The Morgan fingerprint density at radius 1 is 1.08 bits per heavy atom. The number of nitrogens with zero attached hydrogens (tertiary/aromatic N) is 1. The number of aromatic carboxylic acids is 1. The van der Waals surface area contributed by atoms with Gasteiger partial charge in [-0.2, -0.15) is 13.2 Å². The number of hydrogen-bond acceptors (Lipinski definition) is 4. The molecule has 1 heterocycles. The minimum Gasteiger partial charge on any atom is -0.485 e. The summed E-state index contributed by atoms with van der Waals surface area (Å²) in [6.07, 6.45) is -2.10. The molecule has 1 atom stereocenters. The third kappa shape index (κ3) is 5.53. The van der Waals surface area contributed by atoms with Gasteiger partial charge < -0.3 is 14.4 Å². The largest absolute Gasteiger partial charge is 0.485 e. The molecule has 0 bridgehead atoms. The fourth-order valence-electron chi connectivity index (χ4n) is 4.09. The van der Waals surface area contributed by atoms with Gasteiger partial charge in [0.15, 0.2) is 0 Å². The Labute approximate surface area is 220 Å². The van der Waals surface area contributed by atoms with Gasteiger partial charge in [-0.05, 0) is 49.2 Å². The third-order valence-corrected chi connectivity index (χ3v) is 6.41. The van der Waals surface area contributed by atoms with E-state index in [9.17, 15) is 18.0 Å². The SMILES string of the molecule is O=C(O)c1cccc(C#Cc2ccc(OC(c3conc3-c3ccccc3C(F)(F)F)C3CC3)cc2Cl)c1. The summed E-state index contributed by atoms with van der Waals surface area (Å²) in [5.41, 5.74) is 0.804. The number of alkyl halides is 3. The third-order valence-electron chi connectivity index (χ3n) is 6.10. The second kappa shape index (κ2) is 10.3. The van der Waals surface area contributed by atoms with Crippen LogP contribution in [0, 0.1) is 17.8 Å². The van der Waals surface area contributed by atoms with E-state index in [1.165, 1.54) is 36.6 Å². The molecule has 0 amide bonds. The van der Waals surface area contributed by atoms with Crippen LogP contribution < -0.4 is 4.74 Å². The lowest BCUT2D eigenvalue weighted by Crippen LogP contribution is -2.12. The van der Waals surface area contributed by atoms with Crippen LogP contribution in [0.5, 0.6) is 5.75 Å². The summed E-state index contributed by atoms with van der Waals surface area (Å²) in [7, 11) is 0. The summed E-state index contributed by atoms with van der Waals surface area (Å²) in [4.78, 5) is 11.2. The van der Waals surface area contributed by atoms with Gasteiger partial charge in [-0.15, -0.1) is 0 Å². The number of halogens is 4. The van der Waals surface area contributed by atoms with E-state index in [-0.39, 0.29) is 22.7 Å². The van der Waals surface area contributed by atoms with Gasteiger partial charge in [0.2, 0.25) is 0 Å². The summed E-state index contributed by atoms with van der Waals surface area (Å²) in [6.45, 7) is 0. The van der Waals surface area contributed by atoms with Gasteiger partial charge in [0, 0.05) is 28.7 Å². The van der Waals surface area contributed by atoms with Crippen molar-refractivity contribution in [2.45, 2.75) is 25.1 Å². The van der Waals surface area contributed by atoms with Gasteiger partial charge in [0.25, 0.3) is 0 Å². The number of carboxylic acid groups (broad SMARTS) is 1. The number of ether oxygens (including phenoxy) is 1. The molecule has 1 unspecified atom stereocenters. The van der Waals surface area contributed by atoms with Crippen molar-refractivity contribution in [3.8, 4) is 28.8 Å². The Morgan fingerprint density at radius 2 is 1.87 bits per heavy atom. The average Bonchev–Trinajstić information content (AvgIpc) is 3.62. The summed E-state index contributed by atoms with van der Waals surface area (Å²) < 4.78 is 52.3. The van der Waals surface area contributed by atoms with Crippen LogP contribution in [0.4, 0.5) is 13.2 Å². The molecule has 3 aromatic carbocycles. The molecule has 5 nitrogen and oxygen atoms in total. The number of benzene rings is 3. The van der Waals surface area contributed by atoms with E-state index in [0.717, 1.165) is 18.9 Å². The minimum atomic E-state index is -4.55. The van der Waals surface area contributed by atoms with E-state index in [4.69, 9.17) is 26.0 Å². The lowest BCUT2D eigenvalue weighted by Gasteiger charge is -2.20. The van der Waals surface area contributed by atoms with Crippen molar-refractivity contribution in [1.82, 2.24) is 5.16 Å². The summed E-state index contributed by atoms with van der Waals surface area (Å²) >= 11 is 6.45. The van der Waals surface area contributed by atoms with E-state index in [2.05, 4.69) is 17.0 Å². The molecule has 0 aliphatic heterocycles. The van der Waals surface area contributed by atoms with Crippen LogP contribution in [-0.2, 0) is 6.18 Å². The van der Waals surface area contributed by atoms with Gasteiger partial charge >= 0.3 is 12.1 Å². The molecule has 5 rings (SSSR count). The number of hydrogen-bond donors (Lipinski definition) is 1. The molecule has 0 spiro atoms. The fraction of sp³-hybridized carbons (Fsp3) is 0.172.